The fourth-order valence-electron chi connectivity index (χ4n) is 3.24. The molecule has 2 aromatic rings. The Hall–Kier alpha value is -1.86. The molecule has 0 atom stereocenters. The molecule has 1 amide bonds. The van der Waals surface area contributed by atoms with Crippen LogP contribution < -0.4 is 10.0 Å². The molecule has 7 heteroatoms. The Morgan fingerprint density at radius 1 is 1.11 bits per heavy atom. The maximum absolute atomic E-state index is 12.7. The minimum atomic E-state index is -3.32. The van der Waals surface area contributed by atoms with Gasteiger partial charge in [0.05, 0.1) is 16.3 Å². The fraction of sp³-hybridized carbons (Fsp3) is 0.450. The van der Waals surface area contributed by atoms with Gasteiger partial charge in [-0.3, -0.25) is 9.52 Å². The third kappa shape index (κ3) is 5.11. The van der Waals surface area contributed by atoms with Crippen LogP contribution in [0.5, 0.6) is 0 Å². The van der Waals surface area contributed by atoms with Gasteiger partial charge >= 0.3 is 0 Å². The Bertz CT molecular complexity index is 907. The Morgan fingerprint density at radius 2 is 1.85 bits per heavy atom. The van der Waals surface area contributed by atoms with Crippen molar-refractivity contribution in [3.8, 4) is 0 Å². The number of anilines is 2. The predicted octanol–water partition coefficient (Wildman–Crippen LogP) is 4.73. The van der Waals surface area contributed by atoms with Gasteiger partial charge in [0.1, 0.15) is 0 Å². The second-order valence-corrected chi connectivity index (χ2v) is 10.1. The number of hydrogen-bond acceptors (Lipinski definition) is 4. The molecule has 0 aliphatic heterocycles. The van der Waals surface area contributed by atoms with Gasteiger partial charge < -0.3 is 5.32 Å². The van der Waals surface area contributed by atoms with E-state index in [0.29, 0.717) is 11.4 Å². The molecule has 0 bridgehead atoms. The number of sulfonamides is 1. The second kappa shape index (κ2) is 8.44. The third-order valence-electron chi connectivity index (χ3n) is 4.85. The van der Waals surface area contributed by atoms with Crippen molar-refractivity contribution in [3.63, 3.8) is 0 Å². The number of carbonyl (C=O) groups is 1. The van der Waals surface area contributed by atoms with Crippen LogP contribution >= 0.6 is 11.3 Å². The number of carbonyl (C=O) groups excluding carboxylic acids is 1. The van der Waals surface area contributed by atoms with Crippen molar-refractivity contribution in [3.05, 3.63) is 45.1 Å². The highest BCUT2D eigenvalue weighted by molar-refractivity contribution is 7.92. The number of aryl methyl sites for hydroxylation is 3. The van der Waals surface area contributed by atoms with E-state index in [1.807, 2.05) is 13.0 Å². The lowest BCUT2D eigenvalue weighted by Crippen LogP contribution is -2.15. The average Bonchev–Trinajstić information content (AvgIpc) is 2.99. The smallest absolute Gasteiger partial charge is 0.265 e. The van der Waals surface area contributed by atoms with Gasteiger partial charge in [0, 0.05) is 10.6 Å². The van der Waals surface area contributed by atoms with E-state index in [1.54, 1.807) is 36.5 Å². The summed E-state index contributed by atoms with van der Waals surface area (Å²) in [4.78, 5) is 14.8. The highest BCUT2D eigenvalue weighted by Crippen LogP contribution is 2.29. The molecule has 1 heterocycles. The number of rotatable bonds is 5. The molecule has 1 aliphatic carbocycles. The fourth-order valence-corrected chi connectivity index (χ4v) is 5.10. The highest BCUT2D eigenvalue weighted by atomic mass is 32.2. The van der Waals surface area contributed by atoms with Crippen LogP contribution in [-0.4, -0.2) is 20.1 Å². The molecule has 3 rings (SSSR count). The lowest BCUT2D eigenvalue weighted by molar-refractivity contribution is 0.103. The highest BCUT2D eigenvalue weighted by Gasteiger charge is 2.16. The summed E-state index contributed by atoms with van der Waals surface area (Å²) in [6.45, 7) is 3.41. The van der Waals surface area contributed by atoms with Crippen LogP contribution in [0.3, 0.4) is 0 Å². The van der Waals surface area contributed by atoms with Gasteiger partial charge in [0.25, 0.3) is 5.91 Å². The van der Waals surface area contributed by atoms with E-state index in [1.165, 1.54) is 36.1 Å². The van der Waals surface area contributed by atoms with E-state index in [2.05, 4.69) is 10.0 Å². The monoisotopic (exact) mass is 406 g/mol. The van der Waals surface area contributed by atoms with E-state index in [9.17, 15) is 13.2 Å². The summed E-state index contributed by atoms with van der Waals surface area (Å²) in [6.07, 6.45) is 7.06. The first-order valence-electron chi connectivity index (χ1n) is 9.42. The third-order valence-corrected chi connectivity index (χ3v) is 7.38. The first-order chi connectivity index (χ1) is 12.9. The van der Waals surface area contributed by atoms with Crippen molar-refractivity contribution in [2.45, 2.75) is 52.4 Å². The molecule has 5 nitrogen and oxygen atoms in total. The Balaban J connectivity index is 1.72. The molecule has 1 aliphatic rings. The van der Waals surface area contributed by atoms with Crippen LogP contribution in [0.4, 0.5) is 11.4 Å². The van der Waals surface area contributed by atoms with Crippen molar-refractivity contribution in [2.24, 2.45) is 0 Å². The zero-order valence-electron chi connectivity index (χ0n) is 15.8. The molecule has 27 heavy (non-hydrogen) atoms. The molecule has 1 aromatic carbocycles. The van der Waals surface area contributed by atoms with E-state index in [-0.39, 0.29) is 11.7 Å². The Labute approximate surface area is 165 Å². The van der Waals surface area contributed by atoms with Gasteiger partial charge in [0.15, 0.2) is 0 Å². The molecule has 0 saturated carbocycles. The van der Waals surface area contributed by atoms with Crippen LogP contribution in [-0.2, 0) is 22.9 Å². The summed E-state index contributed by atoms with van der Waals surface area (Å²) in [5, 5.41) is 2.94. The second-order valence-electron chi connectivity index (χ2n) is 6.96. The Kier molecular flexibility index (Phi) is 6.22. The minimum Gasteiger partial charge on any atom is -0.321 e. The molecular weight excluding hydrogens is 380 g/mol. The average molecular weight is 407 g/mol. The maximum Gasteiger partial charge on any atom is 0.265 e. The van der Waals surface area contributed by atoms with Crippen molar-refractivity contribution in [1.29, 1.82) is 0 Å². The molecule has 2 N–H and O–H groups in total. The normalized spacial score (nSPS) is 14.7. The minimum absolute atomic E-state index is 0.0218. The number of benzene rings is 1. The zero-order valence-corrected chi connectivity index (χ0v) is 17.4. The van der Waals surface area contributed by atoms with Crippen LogP contribution in [0.15, 0.2) is 24.3 Å². The van der Waals surface area contributed by atoms with E-state index in [0.717, 1.165) is 23.3 Å². The van der Waals surface area contributed by atoms with Gasteiger partial charge in [-0.25, -0.2) is 8.42 Å². The quantitative estimate of drug-likeness (QED) is 0.754. The summed E-state index contributed by atoms with van der Waals surface area (Å²) >= 11 is 1.60. The van der Waals surface area contributed by atoms with Gasteiger partial charge in [-0.1, -0.05) is 12.8 Å². The van der Waals surface area contributed by atoms with Crippen LogP contribution in [0, 0.1) is 6.92 Å². The van der Waals surface area contributed by atoms with Crippen molar-refractivity contribution in [2.75, 3.05) is 15.8 Å². The maximum atomic E-state index is 12.7. The standard InChI is InChI=1S/C20H26N2O3S2/c1-3-27(24,25)22-17-11-10-16(12-14(17)2)21-20(23)19-13-15-8-6-4-5-7-9-18(15)26-19/h10-13,22H,3-9H2,1-2H3,(H,21,23). The first kappa shape index (κ1) is 19.9. The predicted molar refractivity (Wildman–Crippen MR) is 112 cm³/mol. The molecule has 0 radical (unpaired) electrons. The van der Waals surface area contributed by atoms with Gasteiger partial charge in [0.2, 0.25) is 10.0 Å². The van der Waals surface area contributed by atoms with Crippen molar-refractivity contribution in [1.82, 2.24) is 0 Å². The molecule has 0 unspecified atom stereocenters. The summed E-state index contributed by atoms with van der Waals surface area (Å²) in [5.74, 6) is -0.0819. The van der Waals surface area contributed by atoms with Gasteiger partial charge in [-0.05, 0) is 74.9 Å². The van der Waals surface area contributed by atoms with Crippen LogP contribution in [0.1, 0.15) is 58.3 Å². The topological polar surface area (TPSA) is 75.3 Å². The number of nitrogens with one attached hydrogen (secondary N) is 2. The van der Waals surface area contributed by atoms with Crippen molar-refractivity contribution >= 4 is 38.6 Å². The van der Waals surface area contributed by atoms with Crippen LogP contribution in [0.2, 0.25) is 0 Å². The SMILES string of the molecule is CCS(=O)(=O)Nc1ccc(NC(=O)c2cc3c(s2)CCCCCC3)cc1C. The van der Waals surface area contributed by atoms with E-state index >= 15 is 0 Å². The molecule has 0 saturated heterocycles. The number of amides is 1. The number of fused-ring (bicyclic) bond motifs is 1. The summed E-state index contributed by atoms with van der Waals surface area (Å²) < 4.78 is 26.0. The number of hydrogen-bond donors (Lipinski definition) is 2. The van der Waals surface area contributed by atoms with E-state index in [4.69, 9.17) is 0 Å². The first-order valence-corrected chi connectivity index (χ1v) is 11.9. The Morgan fingerprint density at radius 3 is 2.56 bits per heavy atom. The molecule has 146 valence electrons. The molecule has 0 fully saturated rings. The van der Waals surface area contributed by atoms with Gasteiger partial charge in [-0.2, -0.15) is 0 Å². The molecule has 0 spiro atoms. The largest absolute Gasteiger partial charge is 0.321 e. The lowest BCUT2D eigenvalue weighted by Gasteiger charge is -2.11. The van der Waals surface area contributed by atoms with Crippen LogP contribution in [0.25, 0.3) is 0 Å². The van der Waals surface area contributed by atoms with Crippen molar-refractivity contribution < 1.29 is 13.2 Å². The number of thiophene rings is 1. The summed E-state index contributed by atoms with van der Waals surface area (Å²) in [5.41, 5.74) is 3.29. The zero-order chi connectivity index (χ0) is 19.4. The molecule has 1 aromatic heterocycles. The molecular formula is C20H26N2O3S2. The van der Waals surface area contributed by atoms with E-state index < -0.39 is 10.0 Å². The van der Waals surface area contributed by atoms with Gasteiger partial charge in [-0.15, -0.1) is 11.3 Å². The lowest BCUT2D eigenvalue weighted by atomic mass is 10.00. The summed E-state index contributed by atoms with van der Waals surface area (Å²) in [7, 11) is -3.32. The summed E-state index contributed by atoms with van der Waals surface area (Å²) in [6, 6.07) is 7.24.